The summed E-state index contributed by atoms with van der Waals surface area (Å²) in [5.41, 5.74) is -3.75. The number of carbonyl (C=O) groups is 3. The minimum absolute atomic E-state index is 0.0232. The maximum absolute atomic E-state index is 16.5. The Labute approximate surface area is 373 Å². The van der Waals surface area contributed by atoms with Crippen LogP contribution in [-0.4, -0.2) is 65.1 Å². The first-order valence-corrected chi connectivity index (χ1v) is 47.6. The third-order valence-electron chi connectivity index (χ3n) is 11.4. The second-order valence-corrected chi connectivity index (χ2v) is 74.3. The van der Waals surface area contributed by atoms with Crippen molar-refractivity contribution in [2.24, 2.45) is 16.7 Å². The Morgan fingerprint density at radius 2 is 1.54 bits per heavy atom. The number of Topliss-reactive ketones (excluding diaryl/α,β-unsaturated/α-hetero) is 1. The first-order chi connectivity index (χ1) is 26.0. The van der Waals surface area contributed by atoms with Crippen molar-refractivity contribution in [3.63, 3.8) is 0 Å². The number of esters is 2. The fraction of sp³-hybridized carbons (Fsp3) is 0.621. The van der Waals surface area contributed by atoms with Crippen LogP contribution in [0.15, 0.2) is 41.5 Å². The second-order valence-electron chi connectivity index (χ2n) is 14.8. The maximum atomic E-state index is 16.5. The van der Waals surface area contributed by atoms with E-state index in [0.717, 1.165) is 11.1 Å². The number of ketones is 1. The monoisotopic (exact) mass is 1170 g/mol. The van der Waals surface area contributed by atoms with Crippen LogP contribution >= 0.6 is 138 Å². The van der Waals surface area contributed by atoms with Gasteiger partial charge in [-0.05, 0) is 0 Å². The topological polar surface area (TPSA) is 118 Å². The van der Waals surface area contributed by atoms with Crippen LogP contribution in [0.4, 0.5) is 0 Å². The Balaban J connectivity index is 1.89. The number of hydrogen-bond acceptors (Lipinski definition) is 9. The van der Waals surface area contributed by atoms with Crippen molar-refractivity contribution in [1.29, 1.82) is 0 Å². The minimum atomic E-state index is -1.75. The van der Waals surface area contributed by atoms with E-state index in [2.05, 4.69) is 87.3 Å². The fourth-order valence-corrected chi connectivity index (χ4v) is 109. The van der Waals surface area contributed by atoms with Crippen molar-refractivity contribution in [1.82, 2.24) is 0 Å². The van der Waals surface area contributed by atoms with Gasteiger partial charge in [0.1, 0.15) is 0 Å². The van der Waals surface area contributed by atoms with Crippen LogP contribution < -0.4 is 0 Å². The van der Waals surface area contributed by atoms with Crippen molar-refractivity contribution >= 4 is 156 Å². The summed E-state index contributed by atoms with van der Waals surface area (Å²) in [6.07, 6.45) is -3.29. The van der Waals surface area contributed by atoms with Gasteiger partial charge in [-0.15, -0.1) is 0 Å². The summed E-state index contributed by atoms with van der Waals surface area (Å²) in [6.45, 7) is 5.75. The summed E-state index contributed by atoms with van der Waals surface area (Å²) in [6, 6.07) is 8.69. The van der Waals surface area contributed by atoms with E-state index in [9.17, 15) is 14.7 Å². The van der Waals surface area contributed by atoms with E-state index < -0.39 is 114 Å². The zero-order valence-electron chi connectivity index (χ0n) is 31.4. The van der Waals surface area contributed by atoms with Crippen molar-refractivity contribution in [2.45, 2.75) is 87.4 Å². The molecule has 2 saturated carbocycles. The summed E-state index contributed by atoms with van der Waals surface area (Å²) in [5, 5.41) is 13.8. The molecule has 56 heavy (non-hydrogen) atoms. The number of hydrogen-bond donors (Lipinski definition) is 1. The van der Waals surface area contributed by atoms with Crippen LogP contribution in [0, 0.1) is 16.7 Å². The molecule has 27 heteroatoms. The summed E-state index contributed by atoms with van der Waals surface area (Å²) >= 11 is 1.95. The molecular weight excluding hydrogens is 1110 g/mol. The molecule has 313 valence electrons. The number of fused-ring (bicyclic) bond motifs is 5. The van der Waals surface area contributed by atoms with Gasteiger partial charge in [-0.2, -0.15) is 0 Å². The van der Waals surface area contributed by atoms with Crippen LogP contribution in [0.2, 0.25) is 4.31 Å². The zero-order chi connectivity index (χ0) is 41.9. The molecule has 9 nitrogen and oxygen atoms in total. The predicted molar refractivity (Wildman–Crippen MR) is 275 cm³/mol. The average molecular weight is 1170 g/mol. The van der Waals surface area contributed by atoms with Crippen LogP contribution in [0.5, 0.6) is 0 Å². The Hall–Kier alpha value is 5.41. The Bertz CT molecular complexity index is 1670. The molecule has 1 aromatic rings. The number of benzene rings is 1. The molecule has 5 rings (SSSR count). The van der Waals surface area contributed by atoms with Crippen molar-refractivity contribution in [3.8, 4) is 0 Å². The standard InChI is InChI=1S/C29H52O9P17.Mo/c1-15-11-12-29(33)24(35-25(32)17-9-7-6-8-10-17)22-27(5,18(37-49(51(40)41)52(42)43)13-19-28(22,14-34-19)36-16(2)30)23(31)21(20(15)26(29,3)4)38-50(53(44)45)55(48-39)54(46)47;/h6-11,18-19,21-22,24,33,48H,12-14,39-47H2,1-5H3;/t18-,19+,21+,22?,24-,27+,28-,29+,50?,55?;/m0./s1. The van der Waals surface area contributed by atoms with Gasteiger partial charge < -0.3 is 0 Å². The van der Waals surface area contributed by atoms with E-state index in [1.807, 2.05) is 46.7 Å². The van der Waals surface area contributed by atoms with E-state index >= 15 is 4.79 Å². The fourth-order valence-electron chi connectivity index (χ4n) is 8.68. The van der Waals surface area contributed by atoms with E-state index in [-0.39, 0.29) is 29.5 Å². The number of carbonyl (C=O) groups excluding carboxylic acids is 3. The Morgan fingerprint density at radius 3 is 2.02 bits per heavy atom. The third-order valence-corrected chi connectivity index (χ3v) is 82.3. The molecule has 0 aromatic heterocycles. The second kappa shape index (κ2) is 21.1. The number of ether oxygens (including phenoxy) is 3. The van der Waals surface area contributed by atoms with Gasteiger partial charge in [0.2, 0.25) is 0 Å². The molecule has 2 bridgehead atoms. The molecule has 1 aliphatic heterocycles. The molecule has 0 spiro atoms. The molecule has 1 N–H and O–H groups in total. The molecular formula is C29H52MoO9P17. The van der Waals surface area contributed by atoms with Crippen LogP contribution in [0.1, 0.15) is 57.8 Å². The quantitative estimate of drug-likeness (QED) is 0.0892. The van der Waals surface area contributed by atoms with Gasteiger partial charge in [0, 0.05) is 0 Å². The molecule has 3 fully saturated rings. The van der Waals surface area contributed by atoms with Gasteiger partial charge in [0.15, 0.2) is 0 Å². The van der Waals surface area contributed by atoms with Gasteiger partial charge in [0.25, 0.3) is 0 Å². The Kier molecular flexibility index (Phi) is 19.8. The molecule has 1 aromatic carbocycles. The van der Waals surface area contributed by atoms with Crippen LogP contribution in [0.3, 0.4) is 0 Å². The normalized spacial score (nSPS) is 35.3. The third kappa shape index (κ3) is 9.99. The van der Waals surface area contributed by atoms with Crippen molar-refractivity contribution in [3.05, 3.63) is 47.0 Å². The summed E-state index contributed by atoms with van der Waals surface area (Å²) in [7, 11) is 24.9. The van der Waals surface area contributed by atoms with E-state index in [1.54, 1.807) is 24.3 Å². The van der Waals surface area contributed by atoms with Crippen LogP contribution in [-0.2, 0) is 52.7 Å². The Morgan fingerprint density at radius 1 is 0.946 bits per heavy atom. The zero-order valence-corrected chi connectivity index (χ0v) is 51.1. The van der Waals surface area contributed by atoms with Crippen LogP contribution in [0.25, 0.3) is 0 Å². The van der Waals surface area contributed by atoms with Gasteiger partial charge in [0.05, 0.1) is 0 Å². The molecule has 1 heterocycles. The molecule has 1 saturated heterocycles. The average Bonchev–Trinajstić information content (AvgIpc) is 3.10. The first kappa shape index (κ1) is 52.4. The summed E-state index contributed by atoms with van der Waals surface area (Å²) < 4.78 is 34.0. The molecule has 0 radical (unpaired) electrons. The summed E-state index contributed by atoms with van der Waals surface area (Å²) in [5.74, 6) is -2.45. The SMILES string of the molecule is CC(=O)O[C@@]12CO[C@@H]1C[C@H](OP(P(P)P)P(P)P)[C@@]1(C)C(=O)[C@H](OP(P(P)P)P(PP)P(P)P)C3=C(C)[C@@H]([Mo])C[C@@](O)([C@@H](OC(=O)c4ccccc4)C12)C3(C)C. The number of rotatable bonds is 13. The van der Waals surface area contributed by atoms with Gasteiger partial charge in [-0.1, -0.05) is 0 Å². The van der Waals surface area contributed by atoms with E-state index in [0.29, 0.717) is 13.5 Å². The molecule has 3 aliphatic carbocycles. The molecule has 13 unspecified atom stereocenters. The van der Waals surface area contributed by atoms with Gasteiger partial charge >= 0.3 is 376 Å². The molecule has 4 aliphatic rings. The predicted octanol–water partition coefficient (Wildman–Crippen LogP) is 12.6. The molecule has 0 amide bonds. The number of allylic oxidation sites excluding steroid dienone is 1. The van der Waals surface area contributed by atoms with Crippen molar-refractivity contribution < 1.29 is 62.6 Å². The first-order valence-electron chi connectivity index (χ1n) is 17.1. The van der Waals surface area contributed by atoms with Gasteiger partial charge in [-0.25, -0.2) is 0 Å². The van der Waals surface area contributed by atoms with E-state index in [1.165, 1.54) is 6.92 Å². The van der Waals surface area contributed by atoms with Crippen molar-refractivity contribution in [2.75, 3.05) is 6.61 Å². The number of aliphatic hydroxyl groups is 1. The van der Waals surface area contributed by atoms with Gasteiger partial charge in [-0.3, -0.25) is 0 Å². The molecule has 21 atom stereocenters. The van der Waals surface area contributed by atoms with E-state index in [4.69, 9.17) is 23.3 Å². The summed E-state index contributed by atoms with van der Waals surface area (Å²) in [4.78, 5) is 44.2.